The zero-order valence-electron chi connectivity index (χ0n) is 19.6. The van der Waals surface area contributed by atoms with Crippen LogP contribution >= 0.6 is 0 Å². The van der Waals surface area contributed by atoms with Crippen LogP contribution in [0.3, 0.4) is 0 Å². The van der Waals surface area contributed by atoms with Crippen molar-refractivity contribution >= 4 is 27.5 Å². The fourth-order valence-electron chi connectivity index (χ4n) is 6.20. The molecular weight excluding hydrogens is 511 g/mol. The maximum Gasteiger partial charge on any atom is 0.417 e. The van der Waals surface area contributed by atoms with E-state index in [9.17, 15) is 31.2 Å². The van der Waals surface area contributed by atoms with Crippen molar-refractivity contribution in [2.75, 3.05) is 4.90 Å². The van der Waals surface area contributed by atoms with E-state index in [1.807, 2.05) is 0 Å². The summed E-state index contributed by atoms with van der Waals surface area (Å²) < 4.78 is 71.0. The van der Waals surface area contributed by atoms with Crippen molar-refractivity contribution in [1.29, 1.82) is 5.26 Å². The van der Waals surface area contributed by atoms with E-state index in [0.717, 1.165) is 17.0 Å². The first-order valence-corrected chi connectivity index (χ1v) is 13.1. The van der Waals surface area contributed by atoms with Gasteiger partial charge in [0.2, 0.25) is 21.8 Å². The summed E-state index contributed by atoms with van der Waals surface area (Å²) in [6.45, 7) is 1.71. The van der Waals surface area contributed by atoms with Crippen LogP contribution in [0.2, 0.25) is 0 Å². The van der Waals surface area contributed by atoms with Crippen molar-refractivity contribution in [3.8, 4) is 6.07 Å². The maximum atomic E-state index is 13.7. The summed E-state index contributed by atoms with van der Waals surface area (Å²) in [4.78, 5) is 27.9. The van der Waals surface area contributed by atoms with Gasteiger partial charge in [-0.15, -0.1) is 0 Å². The zero-order valence-corrected chi connectivity index (χ0v) is 20.4. The van der Waals surface area contributed by atoms with Crippen molar-refractivity contribution in [2.45, 2.75) is 54.9 Å². The number of amides is 2. The van der Waals surface area contributed by atoms with Crippen LogP contribution in [-0.4, -0.2) is 31.4 Å². The number of ether oxygens (including phenoxy) is 1. The SMILES string of the molecule is CC12CCC(CCc3ccccc3S(N)(=O)=O)(O1)C1C(=O)N(c3ccc(C#N)c(C(F)(F)F)c3)C(=O)C12. The van der Waals surface area contributed by atoms with Gasteiger partial charge in [0.25, 0.3) is 0 Å². The molecule has 2 amide bonds. The number of alkyl halides is 3. The molecular formula is C25H22F3N3O5S. The highest BCUT2D eigenvalue weighted by Gasteiger charge is 2.73. The van der Waals surface area contributed by atoms with E-state index in [0.29, 0.717) is 24.5 Å². The molecule has 0 saturated carbocycles. The molecule has 0 aliphatic carbocycles. The van der Waals surface area contributed by atoms with Gasteiger partial charge < -0.3 is 4.74 Å². The van der Waals surface area contributed by atoms with Gasteiger partial charge in [-0.2, -0.15) is 18.4 Å². The molecule has 3 saturated heterocycles. The fraction of sp³-hybridized carbons (Fsp3) is 0.400. The Balaban J connectivity index is 1.51. The van der Waals surface area contributed by atoms with Gasteiger partial charge in [0.05, 0.1) is 50.8 Å². The molecule has 2 aromatic rings. The van der Waals surface area contributed by atoms with Crippen molar-refractivity contribution in [3.05, 3.63) is 59.2 Å². The van der Waals surface area contributed by atoms with Gasteiger partial charge >= 0.3 is 6.18 Å². The monoisotopic (exact) mass is 533 g/mol. The molecule has 2 bridgehead atoms. The Kier molecular flexibility index (Phi) is 5.57. The number of carbonyl (C=O) groups is 2. The third-order valence-corrected chi connectivity index (χ3v) is 8.81. The van der Waals surface area contributed by atoms with E-state index in [4.69, 9.17) is 15.1 Å². The van der Waals surface area contributed by atoms with Crippen LogP contribution in [0.5, 0.6) is 0 Å². The number of carbonyl (C=O) groups excluding carboxylic acids is 2. The molecule has 2 aromatic carbocycles. The number of anilines is 1. The molecule has 3 aliphatic heterocycles. The van der Waals surface area contributed by atoms with Gasteiger partial charge in [-0.3, -0.25) is 9.59 Å². The van der Waals surface area contributed by atoms with Gasteiger partial charge in [0, 0.05) is 0 Å². The average Bonchev–Trinajstić information content (AvgIpc) is 3.41. The number of sulfonamides is 1. The van der Waals surface area contributed by atoms with E-state index in [1.165, 1.54) is 12.1 Å². The fourth-order valence-corrected chi connectivity index (χ4v) is 7.01. The second kappa shape index (κ2) is 8.11. The summed E-state index contributed by atoms with van der Waals surface area (Å²) in [5.74, 6) is -3.16. The Morgan fingerprint density at radius 2 is 1.81 bits per heavy atom. The molecule has 4 unspecified atom stereocenters. The van der Waals surface area contributed by atoms with Gasteiger partial charge in [0.15, 0.2) is 0 Å². The minimum atomic E-state index is -4.85. The number of rotatable bonds is 5. The number of fused-ring (bicyclic) bond motifs is 5. The number of aryl methyl sites for hydroxylation is 1. The molecule has 8 nitrogen and oxygen atoms in total. The molecule has 0 aromatic heterocycles. The Morgan fingerprint density at radius 3 is 2.46 bits per heavy atom. The normalized spacial score (nSPS) is 29.0. The number of imide groups is 1. The van der Waals surface area contributed by atoms with Crippen molar-refractivity contribution in [2.24, 2.45) is 17.0 Å². The third kappa shape index (κ3) is 3.84. The first-order chi connectivity index (χ1) is 17.2. The molecule has 3 heterocycles. The maximum absolute atomic E-state index is 13.7. The van der Waals surface area contributed by atoms with Crippen LogP contribution in [0.1, 0.15) is 42.9 Å². The summed E-state index contributed by atoms with van der Waals surface area (Å²) in [5.41, 5.74) is -3.75. The standard InChI is InChI=1S/C25H22F3N3O5S/c1-23-10-11-24(36-23,9-8-14-4-2-3-5-18(14)37(30,34)35)20-19(23)21(32)31(22(20)33)16-7-6-15(13-29)17(12-16)25(26,27)28/h2-7,12,19-20H,8-11H2,1H3,(H2,30,34,35). The topological polar surface area (TPSA) is 131 Å². The van der Waals surface area contributed by atoms with Crippen LogP contribution in [0.15, 0.2) is 47.4 Å². The predicted molar refractivity (Wildman–Crippen MR) is 123 cm³/mol. The summed E-state index contributed by atoms with van der Waals surface area (Å²) in [6.07, 6.45) is -3.56. The minimum absolute atomic E-state index is 0.0468. The molecule has 2 N–H and O–H groups in total. The Bertz CT molecular complexity index is 1490. The second-order valence-corrected chi connectivity index (χ2v) is 11.5. The van der Waals surface area contributed by atoms with Gasteiger partial charge in [-0.05, 0) is 62.4 Å². The van der Waals surface area contributed by atoms with E-state index >= 15 is 0 Å². The number of halogens is 3. The molecule has 12 heteroatoms. The van der Waals surface area contributed by atoms with Crippen LogP contribution < -0.4 is 10.0 Å². The van der Waals surface area contributed by atoms with E-state index < -0.39 is 62.2 Å². The highest BCUT2D eigenvalue weighted by Crippen LogP contribution is 2.62. The zero-order chi connectivity index (χ0) is 27.0. The largest absolute Gasteiger partial charge is 0.417 e. The Hall–Kier alpha value is -3.27. The number of nitrogens with zero attached hydrogens (tertiary/aromatic N) is 2. The van der Waals surface area contributed by atoms with Crippen molar-refractivity contribution in [3.63, 3.8) is 0 Å². The molecule has 4 atom stereocenters. The number of nitrogens with two attached hydrogens (primary N) is 1. The molecule has 0 spiro atoms. The lowest BCUT2D eigenvalue weighted by atomic mass is 9.67. The lowest BCUT2D eigenvalue weighted by Gasteiger charge is -2.31. The third-order valence-electron chi connectivity index (χ3n) is 7.80. The Morgan fingerprint density at radius 1 is 1.14 bits per heavy atom. The lowest BCUT2D eigenvalue weighted by Crippen LogP contribution is -2.42. The summed E-state index contributed by atoms with van der Waals surface area (Å²) >= 11 is 0. The van der Waals surface area contributed by atoms with Gasteiger partial charge in [-0.25, -0.2) is 18.5 Å². The summed E-state index contributed by atoms with van der Waals surface area (Å²) in [7, 11) is -4.00. The second-order valence-electron chi connectivity index (χ2n) is 9.94. The van der Waals surface area contributed by atoms with Gasteiger partial charge in [-0.1, -0.05) is 18.2 Å². The van der Waals surface area contributed by atoms with Crippen LogP contribution in [0, 0.1) is 23.2 Å². The number of hydrogen-bond acceptors (Lipinski definition) is 6. The number of primary sulfonamides is 1. The van der Waals surface area contributed by atoms with E-state index in [-0.39, 0.29) is 23.4 Å². The van der Waals surface area contributed by atoms with Gasteiger partial charge in [0.1, 0.15) is 0 Å². The van der Waals surface area contributed by atoms with Crippen LogP contribution in [0.25, 0.3) is 0 Å². The summed E-state index contributed by atoms with van der Waals surface area (Å²) in [6, 6.07) is 10.4. The first-order valence-electron chi connectivity index (χ1n) is 11.5. The van der Waals surface area contributed by atoms with Crippen molar-refractivity contribution < 1.29 is 35.9 Å². The predicted octanol–water partition coefficient (Wildman–Crippen LogP) is 3.28. The first kappa shape index (κ1) is 25.4. The van der Waals surface area contributed by atoms with Crippen LogP contribution in [-0.2, 0) is 36.9 Å². The highest BCUT2D eigenvalue weighted by molar-refractivity contribution is 7.89. The highest BCUT2D eigenvalue weighted by atomic mass is 32.2. The number of hydrogen-bond donors (Lipinski definition) is 1. The Labute approximate surface area is 210 Å². The molecule has 194 valence electrons. The number of benzene rings is 2. The van der Waals surface area contributed by atoms with E-state index in [2.05, 4.69) is 0 Å². The molecule has 5 rings (SSSR count). The lowest BCUT2D eigenvalue weighted by molar-refractivity contribution is -0.138. The molecule has 37 heavy (non-hydrogen) atoms. The average molecular weight is 534 g/mol. The quantitative estimate of drug-likeness (QED) is 0.587. The summed E-state index contributed by atoms with van der Waals surface area (Å²) in [5, 5.41) is 14.4. The minimum Gasteiger partial charge on any atom is -0.367 e. The molecule has 3 aliphatic rings. The smallest absolute Gasteiger partial charge is 0.367 e. The number of nitriles is 1. The van der Waals surface area contributed by atoms with E-state index in [1.54, 1.807) is 25.1 Å². The van der Waals surface area contributed by atoms with Crippen LogP contribution in [0.4, 0.5) is 18.9 Å². The van der Waals surface area contributed by atoms with Crippen molar-refractivity contribution in [1.82, 2.24) is 0 Å². The molecule has 0 radical (unpaired) electrons. The molecule has 3 fully saturated rings.